The van der Waals surface area contributed by atoms with Crippen LogP contribution in [0.1, 0.15) is 28.7 Å². The summed E-state index contributed by atoms with van der Waals surface area (Å²) in [6, 6.07) is 9.78. The molecule has 0 radical (unpaired) electrons. The maximum atomic E-state index is 12.6. The molecule has 1 aliphatic carbocycles. The van der Waals surface area contributed by atoms with Crippen LogP contribution < -0.4 is 10.4 Å². The highest BCUT2D eigenvalue weighted by molar-refractivity contribution is 5.82. The highest BCUT2D eigenvalue weighted by atomic mass is 19.4. The number of rotatable bonds is 3. The molecular weight excluding hydrogens is 345 g/mol. The molecule has 1 aromatic heterocycles. The predicted molar refractivity (Wildman–Crippen MR) is 90.3 cm³/mol. The molecule has 0 saturated heterocycles. The van der Waals surface area contributed by atoms with E-state index >= 15 is 0 Å². The summed E-state index contributed by atoms with van der Waals surface area (Å²) in [5.74, 6) is 0.306. The third kappa shape index (κ3) is 3.19. The number of alkyl halides is 3. The minimum absolute atomic E-state index is 0.0756. The summed E-state index contributed by atoms with van der Waals surface area (Å²) in [5, 5.41) is 0.803. The van der Waals surface area contributed by atoms with Crippen molar-refractivity contribution < 1.29 is 22.3 Å². The second kappa shape index (κ2) is 6.20. The molecule has 0 bridgehead atoms. The normalized spacial score (nSPS) is 13.8. The summed E-state index contributed by atoms with van der Waals surface area (Å²) >= 11 is 0. The summed E-state index contributed by atoms with van der Waals surface area (Å²) in [6.07, 6.45) is -1.34. The second-order valence-corrected chi connectivity index (χ2v) is 6.37. The van der Waals surface area contributed by atoms with Gasteiger partial charge in [0, 0.05) is 17.0 Å². The van der Waals surface area contributed by atoms with Gasteiger partial charge in [0.25, 0.3) is 0 Å². The molecule has 3 nitrogen and oxygen atoms in total. The maximum Gasteiger partial charge on any atom is 0.416 e. The molecule has 26 heavy (non-hydrogen) atoms. The van der Waals surface area contributed by atoms with E-state index in [9.17, 15) is 18.0 Å². The van der Waals surface area contributed by atoms with Crippen LogP contribution in [0, 0.1) is 0 Å². The van der Waals surface area contributed by atoms with Crippen LogP contribution in [0.3, 0.4) is 0 Å². The van der Waals surface area contributed by atoms with Gasteiger partial charge in [-0.3, -0.25) is 0 Å². The lowest BCUT2D eigenvalue weighted by Crippen LogP contribution is -2.06. The molecule has 0 atom stereocenters. The van der Waals surface area contributed by atoms with Crippen LogP contribution in [0.4, 0.5) is 13.2 Å². The number of fused-ring (bicyclic) bond motifs is 2. The van der Waals surface area contributed by atoms with Crippen LogP contribution in [-0.4, -0.2) is 0 Å². The van der Waals surface area contributed by atoms with E-state index in [1.54, 1.807) is 0 Å². The molecule has 3 aromatic rings. The standard InChI is InChI=1S/C20H15F3O3/c21-20(22,23)15-4-6-16(7-5-15)25-11-14-10-19(24)26-18-9-13-3-1-2-12(13)8-17(14)18/h4-10H,1-3,11H2. The first-order valence-corrected chi connectivity index (χ1v) is 8.29. The van der Waals surface area contributed by atoms with Gasteiger partial charge in [-0.25, -0.2) is 4.79 Å². The number of hydrogen-bond acceptors (Lipinski definition) is 3. The van der Waals surface area contributed by atoms with E-state index < -0.39 is 17.4 Å². The van der Waals surface area contributed by atoms with Crippen molar-refractivity contribution in [3.63, 3.8) is 0 Å². The number of halogens is 3. The van der Waals surface area contributed by atoms with Gasteiger partial charge in [0.05, 0.1) is 5.56 Å². The van der Waals surface area contributed by atoms with E-state index in [-0.39, 0.29) is 6.61 Å². The molecule has 1 aliphatic rings. The zero-order valence-corrected chi connectivity index (χ0v) is 13.7. The minimum atomic E-state index is -4.38. The third-order valence-electron chi connectivity index (χ3n) is 4.62. The van der Waals surface area contributed by atoms with E-state index in [0.717, 1.165) is 36.8 Å². The van der Waals surface area contributed by atoms with Crippen LogP contribution in [0.15, 0.2) is 51.7 Å². The van der Waals surface area contributed by atoms with Gasteiger partial charge in [0.1, 0.15) is 17.9 Å². The minimum Gasteiger partial charge on any atom is -0.489 e. The van der Waals surface area contributed by atoms with Gasteiger partial charge < -0.3 is 9.15 Å². The maximum absolute atomic E-state index is 12.6. The average Bonchev–Trinajstić information content (AvgIpc) is 3.04. The molecule has 0 aliphatic heterocycles. The van der Waals surface area contributed by atoms with Gasteiger partial charge >= 0.3 is 11.8 Å². The summed E-state index contributed by atoms with van der Waals surface area (Å²) in [6.45, 7) is 0.0756. The summed E-state index contributed by atoms with van der Waals surface area (Å²) in [4.78, 5) is 11.8. The Labute approximate surface area is 147 Å². The van der Waals surface area contributed by atoms with Crippen molar-refractivity contribution in [3.8, 4) is 5.75 Å². The molecule has 0 N–H and O–H groups in total. The molecule has 1 heterocycles. The van der Waals surface area contributed by atoms with Crippen molar-refractivity contribution in [1.29, 1.82) is 0 Å². The monoisotopic (exact) mass is 360 g/mol. The Morgan fingerprint density at radius 2 is 1.69 bits per heavy atom. The molecule has 0 unspecified atom stereocenters. The van der Waals surface area contributed by atoms with Gasteiger partial charge in [-0.2, -0.15) is 13.2 Å². The number of benzene rings is 2. The van der Waals surface area contributed by atoms with Gasteiger partial charge in [0.2, 0.25) is 0 Å². The van der Waals surface area contributed by atoms with Crippen LogP contribution in [0.2, 0.25) is 0 Å². The van der Waals surface area contributed by atoms with Crippen molar-refractivity contribution in [2.45, 2.75) is 32.0 Å². The first-order valence-electron chi connectivity index (χ1n) is 8.29. The number of hydrogen-bond donors (Lipinski definition) is 0. The van der Waals surface area contributed by atoms with E-state index in [0.29, 0.717) is 16.9 Å². The Bertz CT molecular complexity index is 1020. The van der Waals surface area contributed by atoms with Crippen molar-refractivity contribution in [3.05, 3.63) is 75.1 Å². The van der Waals surface area contributed by atoms with E-state index in [1.165, 1.54) is 29.3 Å². The average molecular weight is 360 g/mol. The van der Waals surface area contributed by atoms with Crippen molar-refractivity contribution in [2.24, 2.45) is 0 Å². The molecule has 6 heteroatoms. The first kappa shape index (κ1) is 16.7. The predicted octanol–water partition coefficient (Wildman–Crippen LogP) is 4.88. The fourth-order valence-electron chi connectivity index (χ4n) is 3.32. The van der Waals surface area contributed by atoms with Gasteiger partial charge in [0.15, 0.2) is 0 Å². The highest BCUT2D eigenvalue weighted by Gasteiger charge is 2.30. The third-order valence-corrected chi connectivity index (χ3v) is 4.62. The van der Waals surface area contributed by atoms with E-state index in [2.05, 4.69) is 0 Å². The fraction of sp³-hybridized carbons (Fsp3) is 0.250. The van der Waals surface area contributed by atoms with Crippen LogP contribution in [0.5, 0.6) is 5.75 Å². The largest absolute Gasteiger partial charge is 0.489 e. The quantitative estimate of drug-likeness (QED) is 0.625. The highest BCUT2D eigenvalue weighted by Crippen LogP contribution is 2.31. The Morgan fingerprint density at radius 1 is 1.00 bits per heavy atom. The lowest BCUT2D eigenvalue weighted by Gasteiger charge is -2.11. The Morgan fingerprint density at radius 3 is 2.38 bits per heavy atom. The number of aryl methyl sites for hydroxylation is 2. The van der Waals surface area contributed by atoms with Crippen LogP contribution >= 0.6 is 0 Å². The van der Waals surface area contributed by atoms with Gasteiger partial charge in [-0.15, -0.1) is 0 Å². The topological polar surface area (TPSA) is 39.4 Å². The van der Waals surface area contributed by atoms with Crippen molar-refractivity contribution >= 4 is 11.0 Å². The summed E-state index contributed by atoms with van der Waals surface area (Å²) in [7, 11) is 0. The van der Waals surface area contributed by atoms with Crippen molar-refractivity contribution in [1.82, 2.24) is 0 Å². The molecule has 0 spiro atoms. The molecule has 4 rings (SSSR count). The summed E-state index contributed by atoms with van der Waals surface area (Å²) < 4.78 is 48.7. The SMILES string of the molecule is O=c1cc(COc2ccc(C(F)(F)F)cc2)c2cc3c(cc2o1)CCC3. The second-order valence-electron chi connectivity index (χ2n) is 6.37. The fourth-order valence-corrected chi connectivity index (χ4v) is 3.32. The first-order chi connectivity index (χ1) is 12.4. The molecule has 0 amide bonds. The van der Waals surface area contributed by atoms with Crippen LogP contribution in [0.25, 0.3) is 11.0 Å². The molecule has 0 saturated carbocycles. The Balaban J connectivity index is 1.62. The summed E-state index contributed by atoms with van der Waals surface area (Å²) in [5.41, 5.74) is 2.41. The lowest BCUT2D eigenvalue weighted by atomic mass is 10.0. The molecule has 2 aromatic carbocycles. The smallest absolute Gasteiger partial charge is 0.416 e. The number of ether oxygens (including phenoxy) is 1. The zero-order chi connectivity index (χ0) is 18.3. The van der Waals surface area contributed by atoms with Gasteiger partial charge in [-0.05, 0) is 66.8 Å². The van der Waals surface area contributed by atoms with Crippen LogP contribution in [-0.2, 0) is 25.6 Å². The van der Waals surface area contributed by atoms with Crippen molar-refractivity contribution in [2.75, 3.05) is 0 Å². The molecule has 0 fully saturated rings. The lowest BCUT2D eigenvalue weighted by molar-refractivity contribution is -0.137. The Hall–Kier alpha value is -2.76. The Kier molecular flexibility index (Phi) is 3.98. The molecule has 134 valence electrons. The van der Waals surface area contributed by atoms with E-state index in [1.807, 2.05) is 12.1 Å². The molecular formula is C20H15F3O3. The van der Waals surface area contributed by atoms with E-state index in [4.69, 9.17) is 9.15 Å². The zero-order valence-electron chi connectivity index (χ0n) is 13.7. The van der Waals surface area contributed by atoms with Gasteiger partial charge in [-0.1, -0.05) is 0 Å².